The minimum atomic E-state index is 0.263. The lowest BCUT2D eigenvalue weighted by molar-refractivity contribution is -0.130. The summed E-state index contributed by atoms with van der Waals surface area (Å²) in [5.41, 5.74) is 0.263. The molecule has 2 atom stereocenters. The van der Waals surface area contributed by atoms with E-state index in [4.69, 9.17) is 0 Å². The molecule has 1 aliphatic heterocycles. The molecule has 1 heterocycles. The molecule has 14 heavy (non-hydrogen) atoms. The number of amides is 1. The maximum absolute atomic E-state index is 11.9. The molecule has 1 N–H and O–H groups in total. The van der Waals surface area contributed by atoms with E-state index in [1.54, 1.807) is 0 Å². The second-order valence-corrected chi connectivity index (χ2v) is 5.18. The van der Waals surface area contributed by atoms with Crippen LogP contribution in [0.5, 0.6) is 0 Å². The molecule has 1 saturated heterocycles. The van der Waals surface area contributed by atoms with Crippen molar-refractivity contribution in [1.29, 1.82) is 0 Å². The SMILES string of the molecule is CCCC(C)C1CCC2(CC2)NC1=O. The summed E-state index contributed by atoms with van der Waals surface area (Å²) in [5.74, 6) is 1.19. The Bertz CT molecular complexity index is 232. The van der Waals surface area contributed by atoms with Gasteiger partial charge < -0.3 is 5.32 Å². The molecule has 0 bridgehead atoms. The first-order chi connectivity index (χ1) is 6.67. The van der Waals surface area contributed by atoms with Crippen molar-refractivity contribution in [2.75, 3.05) is 0 Å². The summed E-state index contributed by atoms with van der Waals surface area (Å²) < 4.78 is 0. The maximum Gasteiger partial charge on any atom is 0.223 e. The van der Waals surface area contributed by atoms with Crippen LogP contribution in [-0.4, -0.2) is 11.4 Å². The van der Waals surface area contributed by atoms with Gasteiger partial charge in [0.15, 0.2) is 0 Å². The highest BCUT2D eigenvalue weighted by molar-refractivity contribution is 5.81. The van der Waals surface area contributed by atoms with Crippen molar-refractivity contribution in [1.82, 2.24) is 5.32 Å². The third kappa shape index (κ3) is 1.79. The molecular formula is C12H21NO. The molecule has 2 fully saturated rings. The van der Waals surface area contributed by atoms with Crippen LogP contribution in [0, 0.1) is 11.8 Å². The summed E-state index contributed by atoms with van der Waals surface area (Å²) in [5, 5.41) is 3.22. The van der Waals surface area contributed by atoms with E-state index in [2.05, 4.69) is 19.2 Å². The first kappa shape index (κ1) is 10.0. The second kappa shape index (κ2) is 3.56. The van der Waals surface area contributed by atoms with Crippen molar-refractivity contribution in [3.8, 4) is 0 Å². The van der Waals surface area contributed by atoms with E-state index in [0.717, 1.165) is 6.42 Å². The molecule has 2 heteroatoms. The highest BCUT2D eigenvalue weighted by atomic mass is 16.2. The highest BCUT2D eigenvalue weighted by Crippen LogP contribution is 2.44. The van der Waals surface area contributed by atoms with Crippen LogP contribution in [0.1, 0.15) is 52.4 Å². The van der Waals surface area contributed by atoms with Crippen molar-refractivity contribution >= 4 is 5.91 Å². The summed E-state index contributed by atoms with van der Waals surface area (Å²) in [7, 11) is 0. The molecule has 1 saturated carbocycles. The predicted octanol–water partition coefficient (Wildman–Crippen LogP) is 2.48. The number of rotatable bonds is 3. The van der Waals surface area contributed by atoms with E-state index in [9.17, 15) is 4.79 Å². The number of hydrogen-bond donors (Lipinski definition) is 1. The minimum absolute atomic E-state index is 0.263. The number of nitrogens with one attached hydrogen (secondary N) is 1. The second-order valence-electron chi connectivity index (χ2n) is 5.18. The molecule has 0 aromatic carbocycles. The molecule has 2 aliphatic rings. The summed E-state index contributed by atoms with van der Waals surface area (Å²) >= 11 is 0. The Labute approximate surface area is 86.5 Å². The Kier molecular flexibility index (Phi) is 2.54. The number of carbonyl (C=O) groups is 1. The first-order valence-electron chi connectivity index (χ1n) is 5.99. The van der Waals surface area contributed by atoms with Gasteiger partial charge in [-0.05, 0) is 31.6 Å². The zero-order chi connectivity index (χ0) is 10.2. The van der Waals surface area contributed by atoms with Crippen LogP contribution in [0.2, 0.25) is 0 Å². The lowest BCUT2D eigenvalue weighted by atomic mass is 9.81. The van der Waals surface area contributed by atoms with Crippen molar-refractivity contribution < 1.29 is 4.79 Å². The van der Waals surface area contributed by atoms with E-state index in [0.29, 0.717) is 17.7 Å². The van der Waals surface area contributed by atoms with Crippen molar-refractivity contribution in [3.05, 3.63) is 0 Å². The Balaban J connectivity index is 1.91. The molecule has 0 radical (unpaired) electrons. The van der Waals surface area contributed by atoms with Gasteiger partial charge in [0.05, 0.1) is 0 Å². The van der Waals surface area contributed by atoms with Crippen molar-refractivity contribution in [3.63, 3.8) is 0 Å². The molecule has 2 unspecified atom stereocenters. The predicted molar refractivity (Wildman–Crippen MR) is 56.9 cm³/mol. The van der Waals surface area contributed by atoms with Gasteiger partial charge in [-0.3, -0.25) is 4.79 Å². The molecule has 0 aromatic heterocycles. The van der Waals surface area contributed by atoms with E-state index in [-0.39, 0.29) is 5.54 Å². The largest absolute Gasteiger partial charge is 0.350 e. The molecule has 1 aliphatic carbocycles. The lowest BCUT2D eigenvalue weighted by Crippen LogP contribution is -2.47. The third-order valence-corrected chi connectivity index (χ3v) is 3.94. The summed E-state index contributed by atoms with van der Waals surface area (Å²) in [6.07, 6.45) is 7.15. The molecule has 0 aromatic rings. The van der Waals surface area contributed by atoms with Crippen LogP contribution in [0.4, 0.5) is 0 Å². The van der Waals surface area contributed by atoms with Crippen molar-refractivity contribution in [2.45, 2.75) is 57.9 Å². The molecular weight excluding hydrogens is 174 g/mol. The molecule has 1 spiro atoms. The number of piperidine rings is 1. The molecule has 2 nitrogen and oxygen atoms in total. The van der Waals surface area contributed by atoms with Crippen LogP contribution in [0.15, 0.2) is 0 Å². The summed E-state index contributed by atoms with van der Waals surface area (Å²) in [6.45, 7) is 4.41. The Morgan fingerprint density at radius 3 is 2.71 bits per heavy atom. The first-order valence-corrected chi connectivity index (χ1v) is 5.99. The lowest BCUT2D eigenvalue weighted by Gasteiger charge is -2.32. The number of carbonyl (C=O) groups excluding carboxylic acids is 1. The normalized spacial score (nSPS) is 31.3. The van der Waals surface area contributed by atoms with Gasteiger partial charge in [-0.2, -0.15) is 0 Å². The van der Waals surface area contributed by atoms with Crippen LogP contribution in [0.25, 0.3) is 0 Å². The van der Waals surface area contributed by atoms with Gasteiger partial charge >= 0.3 is 0 Å². The zero-order valence-corrected chi connectivity index (χ0v) is 9.31. The zero-order valence-electron chi connectivity index (χ0n) is 9.31. The van der Waals surface area contributed by atoms with Crippen LogP contribution in [0.3, 0.4) is 0 Å². The standard InChI is InChI=1S/C12H21NO/c1-3-4-9(2)10-5-6-12(7-8-12)13-11(10)14/h9-10H,3-8H2,1-2H3,(H,13,14). The monoisotopic (exact) mass is 195 g/mol. The average molecular weight is 195 g/mol. The van der Waals surface area contributed by atoms with Crippen LogP contribution in [-0.2, 0) is 4.79 Å². The topological polar surface area (TPSA) is 29.1 Å². The van der Waals surface area contributed by atoms with E-state index >= 15 is 0 Å². The van der Waals surface area contributed by atoms with Gasteiger partial charge in [0.1, 0.15) is 0 Å². The average Bonchev–Trinajstić information content (AvgIpc) is 2.85. The van der Waals surface area contributed by atoms with E-state index in [1.807, 2.05) is 0 Å². The van der Waals surface area contributed by atoms with Gasteiger partial charge in [-0.1, -0.05) is 26.7 Å². The fraction of sp³-hybridized carbons (Fsp3) is 0.917. The van der Waals surface area contributed by atoms with Gasteiger partial charge in [0.2, 0.25) is 5.91 Å². The van der Waals surface area contributed by atoms with Gasteiger partial charge in [0, 0.05) is 11.5 Å². The molecule has 80 valence electrons. The number of hydrogen-bond acceptors (Lipinski definition) is 1. The molecule has 2 rings (SSSR count). The minimum Gasteiger partial charge on any atom is -0.350 e. The van der Waals surface area contributed by atoms with Crippen LogP contribution >= 0.6 is 0 Å². The van der Waals surface area contributed by atoms with Gasteiger partial charge in [0.25, 0.3) is 0 Å². The van der Waals surface area contributed by atoms with Crippen LogP contribution < -0.4 is 5.32 Å². The quantitative estimate of drug-likeness (QED) is 0.736. The Morgan fingerprint density at radius 1 is 1.50 bits per heavy atom. The smallest absolute Gasteiger partial charge is 0.223 e. The van der Waals surface area contributed by atoms with Gasteiger partial charge in [-0.25, -0.2) is 0 Å². The molecule has 1 amide bonds. The fourth-order valence-corrected chi connectivity index (χ4v) is 2.70. The highest BCUT2D eigenvalue weighted by Gasteiger charge is 2.48. The fourth-order valence-electron chi connectivity index (χ4n) is 2.70. The summed E-state index contributed by atoms with van der Waals surface area (Å²) in [4.78, 5) is 11.9. The summed E-state index contributed by atoms with van der Waals surface area (Å²) in [6, 6.07) is 0. The van der Waals surface area contributed by atoms with E-state index in [1.165, 1.54) is 32.1 Å². The third-order valence-electron chi connectivity index (χ3n) is 3.94. The van der Waals surface area contributed by atoms with Gasteiger partial charge in [-0.15, -0.1) is 0 Å². The Morgan fingerprint density at radius 2 is 2.21 bits per heavy atom. The van der Waals surface area contributed by atoms with E-state index < -0.39 is 0 Å². The maximum atomic E-state index is 11.9. The van der Waals surface area contributed by atoms with Crippen molar-refractivity contribution in [2.24, 2.45) is 11.8 Å². The Hall–Kier alpha value is -0.530.